The molecule has 0 heterocycles. The minimum Gasteiger partial charge on any atom is -0.309 e. The summed E-state index contributed by atoms with van der Waals surface area (Å²) in [5.74, 6) is 0.388. The van der Waals surface area contributed by atoms with Crippen molar-refractivity contribution in [3.63, 3.8) is 0 Å². The van der Waals surface area contributed by atoms with Gasteiger partial charge in [0.05, 0.1) is 6.04 Å². The second kappa shape index (κ2) is 6.67. The monoisotopic (exact) mass is 271 g/mol. The van der Waals surface area contributed by atoms with E-state index in [1.54, 1.807) is 0 Å². The highest BCUT2D eigenvalue weighted by Gasteiger charge is 2.12. The van der Waals surface area contributed by atoms with Crippen molar-refractivity contribution in [1.82, 2.24) is 5.32 Å². The van der Waals surface area contributed by atoms with Crippen molar-refractivity contribution in [1.29, 1.82) is 0 Å². The van der Waals surface area contributed by atoms with Gasteiger partial charge in [-0.15, -0.1) is 0 Å². The van der Waals surface area contributed by atoms with Crippen LogP contribution < -0.4 is 5.32 Å². The Labute approximate surface area is 120 Å². The van der Waals surface area contributed by atoms with Gasteiger partial charge in [-0.25, -0.2) is 4.39 Å². The Bertz CT molecular complexity index is 530. The van der Waals surface area contributed by atoms with E-state index >= 15 is 0 Å². The van der Waals surface area contributed by atoms with Crippen molar-refractivity contribution >= 4 is 0 Å². The van der Waals surface area contributed by atoms with E-state index < -0.39 is 0 Å². The first-order valence-corrected chi connectivity index (χ1v) is 7.18. The maximum absolute atomic E-state index is 13.0. The molecule has 106 valence electrons. The van der Waals surface area contributed by atoms with Crippen LogP contribution in [0.1, 0.15) is 48.9 Å². The lowest BCUT2D eigenvalue weighted by Crippen LogP contribution is -2.17. The van der Waals surface area contributed by atoms with Gasteiger partial charge in [-0.2, -0.15) is 0 Å². The summed E-state index contributed by atoms with van der Waals surface area (Å²) in [7, 11) is 1.93. The third-order valence-corrected chi connectivity index (χ3v) is 3.94. The van der Waals surface area contributed by atoms with E-state index in [0.717, 1.165) is 12.0 Å². The molecular weight excluding hydrogens is 249 g/mol. The Kier molecular flexibility index (Phi) is 4.91. The van der Waals surface area contributed by atoms with Crippen molar-refractivity contribution < 1.29 is 4.39 Å². The van der Waals surface area contributed by atoms with Gasteiger partial charge < -0.3 is 5.32 Å². The number of rotatable bonds is 5. The summed E-state index contributed by atoms with van der Waals surface area (Å²) in [6.07, 6.45) is 1.15. The average Bonchev–Trinajstić information content (AvgIpc) is 2.50. The first-order chi connectivity index (χ1) is 9.65. The molecule has 0 bridgehead atoms. The highest BCUT2D eigenvalue weighted by Crippen LogP contribution is 2.25. The fraction of sp³-hybridized carbons (Fsp3) is 0.333. The third-order valence-electron chi connectivity index (χ3n) is 3.94. The van der Waals surface area contributed by atoms with Crippen LogP contribution in [0.2, 0.25) is 0 Å². The van der Waals surface area contributed by atoms with Crippen molar-refractivity contribution in [2.24, 2.45) is 0 Å². The molecule has 0 aliphatic heterocycles. The molecule has 20 heavy (non-hydrogen) atoms. The van der Waals surface area contributed by atoms with E-state index in [2.05, 4.69) is 43.4 Å². The topological polar surface area (TPSA) is 12.0 Å². The van der Waals surface area contributed by atoms with Crippen LogP contribution in [0.5, 0.6) is 0 Å². The van der Waals surface area contributed by atoms with E-state index in [0.29, 0.717) is 5.92 Å². The summed E-state index contributed by atoms with van der Waals surface area (Å²) in [5.41, 5.74) is 3.64. The largest absolute Gasteiger partial charge is 0.309 e. The molecule has 0 fully saturated rings. The van der Waals surface area contributed by atoms with E-state index in [1.807, 2.05) is 19.2 Å². The summed E-state index contributed by atoms with van der Waals surface area (Å²) in [6, 6.07) is 15.5. The molecule has 1 N–H and O–H groups in total. The van der Waals surface area contributed by atoms with Crippen LogP contribution >= 0.6 is 0 Å². The molecule has 2 heteroatoms. The first-order valence-electron chi connectivity index (χ1n) is 7.18. The third kappa shape index (κ3) is 3.26. The summed E-state index contributed by atoms with van der Waals surface area (Å²) >= 11 is 0. The zero-order chi connectivity index (χ0) is 14.5. The van der Waals surface area contributed by atoms with Crippen molar-refractivity contribution in [2.45, 2.75) is 32.2 Å². The second-order valence-corrected chi connectivity index (χ2v) is 5.25. The van der Waals surface area contributed by atoms with Crippen LogP contribution in [0.3, 0.4) is 0 Å². The van der Waals surface area contributed by atoms with Gasteiger partial charge in [0, 0.05) is 0 Å². The molecule has 0 aromatic heterocycles. The SMILES string of the molecule is CCC(C)c1ccc(C(NC)c2ccc(F)cc2)cc1. The van der Waals surface area contributed by atoms with Gasteiger partial charge in [0.15, 0.2) is 0 Å². The molecule has 2 aromatic rings. The van der Waals surface area contributed by atoms with Gasteiger partial charge in [-0.1, -0.05) is 50.2 Å². The lowest BCUT2D eigenvalue weighted by molar-refractivity contribution is 0.623. The smallest absolute Gasteiger partial charge is 0.123 e. The highest BCUT2D eigenvalue weighted by atomic mass is 19.1. The standard InChI is InChI=1S/C18H22FN/c1-4-13(2)14-5-7-15(8-6-14)18(20-3)16-9-11-17(19)12-10-16/h5-13,18,20H,4H2,1-3H3. The minimum absolute atomic E-state index is 0.0987. The van der Waals surface area contributed by atoms with E-state index in [-0.39, 0.29) is 11.9 Å². The summed E-state index contributed by atoms with van der Waals surface area (Å²) in [6.45, 7) is 4.44. The maximum Gasteiger partial charge on any atom is 0.123 e. The van der Waals surface area contributed by atoms with E-state index in [4.69, 9.17) is 0 Å². The zero-order valence-electron chi connectivity index (χ0n) is 12.4. The quantitative estimate of drug-likeness (QED) is 0.834. The number of hydrogen-bond donors (Lipinski definition) is 1. The molecule has 0 saturated carbocycles. The van der Waals surface area contributed by atoms with Gasteiger partial charge in [0.25, 0.3) is 0 Å². The Balaban J connectivity index is 2.25. The molecule has 0 aliphatic carbocycles. The fourth-order valence-corrected chi connectivity index (χ4v) is 2.43. The first kappa shape index (κ1) is 14.7. The van der Waals surface area contributed by atoms with Gasteiger partial charge in [-0.05, 0) is 48.2 Å². The number of benzene rings is 2. The van der Waals surface area contributed by atoms with Crippen LogP contribution in [0.4, 0.5) is 4.39 Å². The van der Waals surface area contributed by atoms with Crippen LogP contribution in [0.25, 0.3) is 0 Å². The van der Waals surface area contributed by atoms with Crippen molar-refractivity contribution in [2.75, 3.05) is 7.05 Å². The molecule has 0 spiro atoms. The van der Waals surface area contributed by atoms with Crippen LogP contribution in [-0.4, -0.2) is 7.05 Å². The predicted molar refractivity (Wildman–Crippen MR) is 82.5 cm³/mol. The fourth-order valence-electron chi connectivity index (χ4n) is 2.43. The van der Waals surface area contributed by atoms with Gasteiger partial charge in [-0.3, -0.25) is 0 Å². The molecule has 0 amide bonds. The van der Waals surface area contributed by atoms with Crippen molar-refractivity contribution in [3.05, 3.63) is 71.0 Å². The van der Waals surface area contributed by atoms with E-state index in [9.17, 15) is 4.39 Å². The number of nitrogens with one attached hydrogen (secondary N) is 1. The Morgan fingerprint density at radius 3 is 1.80 bits per heavy atom. The predicted octanol–water partition coefficient (Wildman–Crippen LogP) is 4.65. The summed E-state index contributed by atoms with van der Waals surface area (Å²) in [4.78, 5) is 0. The van der Waals surface area contributed by atoms with Crippen LogP contribution in [0, 0.1) is 5.82 Å². The molecule has 0 saturated heterocycles. The molecule has 0 radical (unpaired) electrons. The number of hydrogen-bond acceptors (Lipinski definition) is 1. The molecule has 1 nitrogen and oxygen atoms in total. The highest BCUT2D eigenvalue weighted by molar-refractivity contribution is 5.34. The lowest BCUT2D eigenvalue weighted by Gasteiger charge is -2.18. The van der Waals surface area contributed by atoms with Crippen LogP contribution in [0.15, 0.2) is 48.5 Å². The van der Waals surface area contributed by atoms with Gasteiger partial charge in [0.1, 0.15) is 5.82 Å². The van der Waals surface area contributed by atoms with Gasteiger partial charge >= 0.3 is 0 Å². The lowest BCUT2D eigenvalue weighted by atomic mass is 9.94. The molecule has 2 atom stereocenters. The minimum atomic E-state index is -0.198. The summed E-state index contributed by atoms with van der Waals surface area (Å²) < 4.78 is 13.0. The van der Waals surface area contributed by atoms with Gasteiger partial charge in [0.2, 0.25) is 0 Å². The molecule has 0 aliphatic rings. The Hall–Kier alpha value is -1.67. The molecular formula is C18H22FN. The molecule has 2 aromatic carbocycles. The van der Waals surface area contributed by atoms with E-state index in [1.165, 1.54) is 23.3 Å². The maximum atomic E-state index is 13.0. The number of halogens is 1. The van der Waals surface area contributed by atoms with Crippen LogP contribution in [-0.2, 0) is 0 Å². The molecule has 2 unspecified atom stereocenters. The zero-order valence-corrected chi connectivity index (χ0v) is 12.4. The summed E-state index contributed by atoms with van der Waals surface area (Å²) in [5, 5.41) is 3.29. The second-order valence-electron chi connectivity index (χ2n) is 5.25. The molecule has 2 rings (SSSR count). The van der Waals surface area contributed by atoms with Crippen molar-refractivity contribution in [3.8, 4) is 0 Å². The average molecular weight is 271 g/mol. The normalized spacial score (nSPS) is 14.0. The Morgan fingerprint density at radius 2 is 1.35 bits per heavy atom. The Morgan fingerprint density at radius 1 is 0.900 bits per heavy atom.